The summed E-state index contributed by atoms with van der Waals surface area (Å²) in [6.45, 7) is -0.231. The first-order valence-corrected chi connectivity index (χ1v) is 9.66. The van der Waals surface area contributed by atoms with E-state index in [2.05, 4.69) is 20.3 Å². The maximum atomic E-state index is 11.4. The third kappa shape index (κ3) is 4.57. The van der Waals surface area contributed by atoms with Gasteiger partial charge in [0.1, 0.15) is 0 Å². The van der Waals surface area contributed by atoms with Gasteiger partial charge in [-0.1, -0.05) is 0 Å². The van der Waals surface area contributed by atoms with Gasteiger partial charge in [-0.15, -0.1) is 0 Å². The molecule has 0 fully saturated rings. The fraction of sp³-hybridized carbons (Fsp3) is 0.182. The third-order valence-corrected chi connectivity index (χ3v) is 4.56. The van der Waals surface area contributed by atoms with Crippen molar-refractivity contribution in [2.45, 2.75) is 0 Å². The molecular formula is C11H15AsN6O5. The monoisotopic (exact) mass is 386 g/mol. The van der Waals surface area contributed by atoms with Gasteiger partial charge in [-0.05, 0) is 0 Å². The first-order chi connectivity index (χ1) is 10.8. The van der Waals surface area contributed by atoms with Crippen LogP contribution in [0.3, 0.4) is 0 Å². The zero-order valence-electron chi connectivity index (χ0n) is 11.7. The van der Waals surface area contributed by atoms with Crippen molar-refractivity contribution in [2.24, 2.45) is 0 Å². The molecule has 0 saturated heterocycles. The van der Waals surface area contributed by atoms with Gasteiger partial charge in [-0.2, -0.15) is 0 Å². The van der Waals surface area contributed by atoms with Gasteiger partial charge in [0.25, 0.3) is 0 Å². The van der Waals surface area contributed by atoms with Crippen molar-refractivity contribution >= 4 is 42.1 Å². The first kappa shape index (κ1) is 17.0. The number of anilines is 4. The van der Waals surface area contributed by atoms with Crippen LogP contribution in [-0.4, -0.2) is 55.6 Å². The van der Waals surface area contributed by atoms with Gasteiger partial charge < -0.3 is 0 Å². The summed E-state index contributed by atoms with van der Waals surface area (Å²) in [6.07, 6.45) is 0. The van der Waals surface area contributed by atoms with Crippen LogP contribution in [0.25, 0.3) is 0 Å². The maximum absolute atomic E-state index is 11.4. The fourth-order valence-electron chi connectivity index (χ4n) is 1.66. The summed E-state index contributed by atoms with van der Waals surface area (Å²) in [6, 6.07) is 3.82. The Labute approximate surface area is 133 Å². The van der Waals surface area contributed by atoms with E-state index < -0.39 is 14.2 Å². The number of benzene rings is 1. The number of nitrogens with zero attached hydrogens (tertiary/aromatic N) is 3. The molecule has 0 saturated carbocycles. The van der Waals surface area contributed by atoms with Gasteiger partial charge in [0.15, 0.2) is 0 Å². The van der Waals surface area contributed by atoms with E-state index >= 15 is 0 Å². The van der Waals surface area contributed by atoms with E-state index in [4.69, 9.17) is 21.3 Å². The summed E-state index contributed by atoms with van der Waals surface area (Å²) < 4.78 is 35.2. The van der Waals surface area contributed by atoms with E-state index in [0.29, 0.717) is 0 Å². The van der Waals surface area contributed by atoms with Crippen molar-refractivity contribution < 1.29 is 21.8 Å². The molecule has 1 aromatic carbocycles. The van der Waals surface area contributed by atoms with Crippen LogP contribution in [-0.2, 0) is 3.74 Å². The number of aromatic nitrogens is 3. The van der Waals surface area contributed by atoms with Crippen molar-refractivity contribution in [2.75, 3.05) is 30.0 Å². The second-order valence-electron chi connectivity index (χ2n) is 4.30. The van der Waals surface area contributed by atoms with Crippen molar-refractivity contribution in [3.05, 3.63) is 18.2 Å². The van der Waals surface area contributed by atoms with Crippen LogP contribution in [0.2, 0.25) is 0 Å². The molecule has 0 bridgehead atoms. The van der Waals surface area contributed by atoms with Crippen molar-refractivity contribution in [3.8, 4) is 5.75 Å². The van der Waals surface area contributed by atoms with E-state index in [1.54, 1.807) is 0 Å². The van der Waals surface area contributed by atoms with Crippen LogP contribution in [0, 0.1) is 0 Å². The van der Waals surface area contributed by atoms with Crippen molar-refractivity contribution in [3.63, 3.8) is 0 Å². The molecule has 11 nitrogen and oxygen atoms in total. The number of rotatable bonds is 6. The van der Waals surface area contributed by atoms with Gasteiger partial charge >= 0.3 is 133 Å². The van der Waals surface area contributed by atoms with Crippen LogP contribution < -0.4 is 25.9 Å². The molecule has 2 rings (SSSR count). The molecule has 0 unspecified atom stereocenters. The number of nitrogen functional groups attached to an aromatic ring is 2. The predicted molar refractivity (Wildman–Crippen MR) is 81.5 cm³/mol. The van der Waals surface area contributed by atoms with Gasteiger partial charge in [-0.25, -0.2) is 0 Å². The Hall–Kier alpha value is -2.33. The zero-order valence-corrected chi connectivity index (χ0v) is 13.6. The molecule has 0 aliphatic carbocycles. The van der Waals surface area contributed by atoms with Crippen LogP contribution in [0.4, 0.5) is 23.5 Å². The number of aliphatic hydroxyl groups excluding tert-OH is 1. The van der Waals surface area contributed by atoms with E-state index in [0.717, 1.165) is 0 Å². The molecule has 23 heavy (non-hydrogen) atoms. The third-order valence-electron chi connectivity index (χ3n) is 2.56. The summed E-state index contributed by atoms with van der Waals surface area (Å²) >= 11 is -5.10. The predicted octanol–water partition coefficient (Wildman–Crippen LogP) is -2.29. The molecule has 0 amide bonds. The molecule has 1 heterocycles. The van der Waals surface area contributed by atoms with E-state index in [1.807, 2.05) is 0 Å². The Morgan fingerprint density at radius 3 is 2.39 bits per heavy atom. The van der Waals surface area contributed by atoms with Crippen LogP contribution >= 0.6 is 0 Å². The topological polar surface area (TPSA) is 190 Å². The van der Waals surface area contributed by atoms with E-state index in [-0.39, 0.29) is 46.8 Å². The average molecular weight is 386 g/mol. The van der Waals surface area contributed by atoms with Gasteiger partial charge in [0, 0.05) is 0 Å². The number of aliphatic hydroxyl groups is 1. The molecular weight excluding hydrogens is 371 g/mol. The SMILES string of the molecule is Nc1nc(N)nc(Nc2cc([As](=O)(O)O)ccc2OCCO)n1. The Bertz CT molecular complexity index is 731. The summed E-state index contributed by atoms with van der Waals surface area (Å²) in [7, 11) is 0. The Kier molecular flexibility index (Phi) is 5.06. The molecule has 0 spiro atoms. The number of hydrogen-bond acceptors (Lipinski definition) is 9. The average Bonchev–Trinajstić information content (AvgIpc) is 2.43. The number of ether oxygens (including phenoxy) is 1. The molecule has 0 aliphatic rings. The van der Waals surface area contributed by atoms with Crippen LogP contribution in [0.15, 0.2) is 18.2 Å². The molecule has 0 aliphatic heterocycles. The number of nitrogens with one attached hydrogen (secondary N) is 1. The molecule has 0 atom stereocenters. The summed E-state index contributed by atoms with van der Waals surface area (Å²) in [5.41, 5.74) is 11.1. The van der Waals surface area contributed by atoms with Crippen LogP contribution in [0.5, 0.6) is 5.75 Å². The summed E-state index contributed by atoms with van der Waals surface area (Å²) in [4.78, 5) is 11.2. The number of hydrogen-bond donors (Lipinski definition) is 6. The van der Waals surface area contributed by atoms with E-state index in [9.17, 15) is 11.9 Å². The molecule has 1 aromatic heterocycles. The minimum absolute atomic E-state index is 0.00355. The molecule has 0 radical (unpaired) electrons. The number of nitrogens with two attached hydrogens (primary N) is 2. The Morgan fingerprint density at radius 1 is 1.17 bits per heavy atom. The van der Waals surface area contributed by atoms with Gasteiger partial charge in [-0.3, -0.25) is 0 Å². The fourth-order valence-corrected chi connectivity index (χ4v) is 2.85. The van der Waals surface area contributed by atoms with Crippen LogP contribution in [0.1, 0.15) is 0 Å². The Morgan fingerprint density at radius 2 is 1.83 bits per heavy atom. The first-order valence-electron chi connectivity index (χ1n) is 6.27. The second kappa shape index (κ2) is 6.83. The summed E-state index contributed by atoms with van der Waals surface area (Å²) in [5.74, 6) is -0.00977. The minimum atomic E-state index is -5.10. The zero-order chi connectivity index (χ0) is 17.0. The molecule has 2 aromatic rings. The van der Waals surface area contributed by atoms with Gasteiger partial charge in [0.05, 0.1) is 0 Å². The van der Waals surface area contributed by atoms with Crippen molar-refractivity contribution in [1.82, 2.24) is 15.0 Å². The normalized spacial score (nSPS) is 11.3. The second-order valence-corrected chi connectivity index (χ2v) is 7.66. The van der Waals surface area contributed by atoms with Gasteiger partial charge in [0.2, 0.25) is 0 Å². The quantitative estimate of drug-likeness (QED) is 0.293. The van der Waals surface area contributed by atoms with Crippen molar-refractivity contribution in [1.29, 1.82) is 0 Å². The standard InChI is InChI=1S/C11H15AsN6O5/c13-9-16-10(14)18-11(17-9)15-7-5-6(12(20,21)22)1-2-8(7)23-4-3-19/h1-2,5,19H,3-4H2,(H2,20,21,22)(H5,13,14,15,16,17,18). The molecule has 124 valence electrons. The molecule has 8 N–H and O–H groups in total. The molecule has 12 heteroatoms. The van der Waals surface area contributed by atoms with E-state index in [1.165, 1.54) is 18.2 Å². The summed E-state index contributed by atoms with van der Waals surface area (Å²) in [5, 5.41) is 11.5. The Balaban J connectivity index is 2.41.